The molecular formula is C11H16N2O. The van der Waals surface area contributed by atoms with Crippen LogP contribution in [-0.2, 0) is 4.74 Å². The van der Waals surface area contributed by atoms with E-state index in [1.807, 2.05) is 18.2 Å². The maximum absolute atomic E-state index is 5.32. The molecule has 76 valence electrons. The van der Waals surface area contributed by atoms with Crippen LogP contribution in [0.1, 0.15) is 12.8 Å². The zero-order valence-electron chi connectivity index (χ0n) is 8.28. The quantitative estimate of drug-likeness (QED) is 0.791. The van der Waals surface area contributed by atoms with E-state index in [0.29, 0.717) is 0 Å². The Bertz CT molecular complexity index is 257. The monoisotopic (exact) mass is 192 g/mol. The van der Waals surface area contributed by atoms with Crippen LogP contribution < -0.4 is 5.32 Å². The van der Waals surface area contributed by atoms with Gasteiger partial charge in [0.05, 0.1) is 0 Å². The maximum atomic E-state index is 5.32. The molecule has 1 N–H and O–H groups in total. The van der Waals surface area contributed by atoms with Gasteiger partial charge in [-0.15, -0.1) is 0 Å². The molecule has 1 aliphatic heterocycles. The lowest BCUT2D eigenvalue weighted by molar-refractivity contribution is 0.185. The lowest BCUT2D eigenvalue weighted by Gasteiger charge is -2.08. The zero-order chi connectivity index (χ0) is 9.64. The van der Waals surface area contributed by atoms with E-state index in [0.717, 1.165) is 31.5 Å². The van der Waals surface area contributed by atoms with Crippen LogP contribution in [0, 0.1) is 5.92 Å². The Labute approximate surface area is 84.5 Å². The van der Waals surface area contributed by atoms with Crippen molar-refractivity contribution in [3.63, 3.8) is 0 Å². The first-order valence-electron chi connectivity index (χ1n) is 5.18. The number of hydrogen-bond acceptors (Lipinski definition) is 3. The standard InChI is InChI=1S/C11H16N2O/c1-2-6-12-11(3-1)13-7-4-10-5-8-14-9-10/h1-3,6,10H,4-5,7-9H2,(H,12,13). The van der Waals surface area contributed by atoms with Gasteiger partial charge in [-0.25, -0.2) is 4.98 Å². The summed E-state index contributed by atoms with van der Waals surface area (Å²) in [5.41, 5.74) is 0. The average Bonchev–Trinajstić information content (AvgIpc) is 2.72. The molecule has 3 nitrogen and oxygen atoms in total. The molecule has 3 heteroatoms. The summed E-state index contributed by atoms with van der Waals surface area (Å²) in [6, 6.07) is 5.91. The van der Waals surface area contributed by atoms with E-state index < -0.39 is 0 Å². The molecular weight excluding hydrogens is 176 g/mol. The van der Waals surface area contributed by atoms with Gasteiger partial charge in [0.15, 0.2) is 0 Å². The van der Waals surface area contributed by atoms with Crippen LogP contribution in [0.3, 0.4) is 0 Å². The summed E-state index contributed by atoms with van der Waals surface area (Å²) in [5.74, 6) is 1.71. The second kappa shape index (κ2) is 4.96. The lowest BCUT2D eigenvalue weighted by Crippen LogP contribution is -2.09. The van der Waals surface area contributed by atoms with Crippen LogP contribution in [0.25, 0.3) is 0 Å². The van der Waals surface area contributed by atoms with Gasteiger partial charge in [-0.2, -0.15) is 0 Å². The Morgan fingerprint density at radius 1 is 1.50 bits per heavy atom. The Kier molecular flexibility index (Phi) is 3.35. The molecule has 1 aromatic rings. The third-order valence-electron chi connectivity index (χ3n) is 2.55. The summed E-state index contributed by atoms with van der Waals surface area (Å²) in [6.45, 7) is 2.86. The van der Waals surface area contributed by atoms with E-state index in [2.05, 4.69) is 10.3 Å². The van der Waals surface area contributed by atoms with Crippen molar-refractivity contribution in [3.8, 4) is 0 Å². The van der Waals surface area contributed by atoms with E-state index in [4.69, 9.17) is 4.74 Å². The summed E-state index contributed by atoms with van der Waals surface area (Å²) >= 11 is 0. The second-order valence-electron chi connectivity index (χ2n) is 3.66. The van der Waals surface area contributed by atoms with Crippen molar-refractivity contribution < 1.29 is 4.74 Å². The van der Waals surface area contributed by atoms with Crippen LogP contribution >= 0.6 is 0 Å². The van der Waals surface area contributed by atoms with Crippen molar-refractivity contribution in [2.24, 2.45) is 5.92 Å². The van der Waals surface area contributed by atoms with Gasteiger partial charge in [0, 0.05) is 26.0 Å². The molecule has 0 spiro atoms. The van der Waals surface area contributed by atoms with Crippen LogP contribution in [-0.4, -0.2) is 24.7 Å². The van der Waals surface area contributed by atoms with Crippen molar-refractivity contribution in [2.45, 2.75) is 12.8 Å². The van der Waals surface area contributed by atoms with E-state index in [1.54, 1.807) is 6.20 Å². The summed E-state index contributed by atoms with van der Waals surface area (Å²) in [5, 5.41) is 3.30. The number of hydrogen-bond donors (Lipinski definition) is 1. The van der Waals surface area contributed by atoms with Crippen molar-refractivity contribution in [1.82, 2.24) is 4.98 Å². The molecule has 0 amide bonds. The minimum atomic E-state index is 0.742. The number of aromatic nitrogens is 1. The predicted octanol–water partition coefficient (Wildman–Crippen LogP) is 1.92. The number of ether oxygens (including phenoxy) is 1. The highest BCUT2D eigenvalue weighted by Crippen LogP contribution is 2.15. The fraction of sp³-hybridized carbons (Fsp3) is 0.545. The molecule has 1 fully saturated rings. The highest BCUT2D eigenvalue weighted by molar-refractivity contribution is 5.32. The van der Waals surface area contributed by atoms with Gasteiger partial charge in [0.1, 0.15) is 5.82 Å². The van der Waals surface area contributed by atoms with Crippen LogP contribution in [0.4, 0.5) is 5.82 Å². The topological polar surface area (TPSA) is 34.1 Å². The Hall–Kier alpha value is -1.09. The van der Waals surface area contributed by atoms with E-state index in [9.17, 15) is 0 Å². The van der Waals surface area contributed by atoms with Crippen molar-refractivity contribution in [2.75, 3.05) is 25.1 Å². The largest absolute Gasteiger partial charge is 0.381 e. The van der Waals surface area contributed by atoms with Crippen LogP contribution in [0.15, 0.2) is 24.4 Å². The number of pyridine rings is 1. The third-order valence-corrected chi connectivity index (χ3v) is 2.55. The highest BCUT2D eigenvalue weighted by atomic mass is 16.5. The maximum Gasteiger partial charge on any atom is 0.125 e. The number of nitrogens with zero attached hydrogens (tertiary/aromatic N) is 1. The SMILES string of the molecule is c1ccc(NCCC2CCOC2)nc1. The van der Waals surface area contributed by atoms with Gasteiger partial charge in [-0.1, -0.05) is 6.07 Å². The van der Waals surface area contributed by atoms with Gasteiger partial charge in [0.2, 0.25) is 0 Å². The number of nitrogens with one attached hydrogen (secondary N) is 1. The van der Waals surface area contributed by atoms with Gasteiger partial charge in [-0.3, -0.25) is 0 Å². The van der Waals surface area contributed by atoms with Gasteiger partial charge < -0.3 is 10.1 Å². The number of anilines is 1. The highest BCUT2D eigenvalue weighted by Gasteiger charge is 2.14. The minimum absolute atomic E-state index is 0.742. The van der Waals surface area contributed by atoms with Gasteiger partial charge in [-0.05, 0) is 30.9 Å². The fourth-order valence-electron chi connectivity index (χ4n) is 1.68. The molecule has 0 aliphatic carbocycles. The van der Waals surface area contributed by atoms with Crippen LogP contribution in [0.5, 0.6) is 0 Å². The Morgan fingerprint density at radius 3 is 3.21 bits per heavy atom. The summed E-state index contributed by atoms with van der Waals surface area (Å²) in [7, 11) is 0. The predicted molar refractivity (Wildman–Crippen MR) is 56.3 cm³/mol. The van der Waals surface area contributed by atoms with Crippen molar-refractivity contribution >= 4 is 5.82 Å². The van der Waals surface area contributed by atoms with E-state index in [1.165, 1.54) is 12.8 Å². The third kappa shape index (κ3) is 2.70. The van der Waals surface area contributed by atoms with Gasteiger partial charge in [0.25, 0.3) is 0 Å². The molecule has 1 unspecified atom stereocenters. The smallest absolute Gasteiger partial charge is 0.125 e. The molecule has 1 saturated heterocycles. The van der Waals surface area contributed by atoms with Crippen LogP contribution in [0.2, 0.25) is 0 Å². The van der Waals surface area contributed by atoms with Gasteiger partial charge >= 0.3 is 0 Å². The lowest BCUT2D eigenvalue weighted by atomic mass is 10.1. The summed E-state index contributed by atoms with van der Waals surface area (Å²) in [6.07, 6.45) is 4.20. The number of rotatable bonds is 4. The molecule has 2 heterocycles. The van der Waals surface area contributed by atoms with Crippen molar-refractivity contribution in [3.05, 3.63) is 24.4 Å². The molecule has 14 heavy (non-hydrogen) atoms. The molecule has 0 bridgehead atoms. The molecule has 1 aromatic heterocycles. The molecule has 1 atom stereocenters. The Balaban J connectivity index is 1.67. The summed E-state index contributed by atoms with van der Waals surface area (Å²) < 4.78 is 5.32. The molecule has 1 aliphatic rings. The first-order chi connectivity index (χ1) is 6.95. The zero-order valence-corrected chi connectivity index (χ0v) is 8.28. The van der Waals surface area contributed by atoms with Crippen molar-refractivity contribution in [1.29, 1.82) is 0 Å². The fourth-order valence-corrected chi connectivity index (χ4v) is 1.68. The van der Waals surface area contributed by atoms with E-state index >= 15 is 0 Å². The average molecular weight is 192 g/mol. The van der Waals surface area contributed by atoms with E-state index in [-0.39, 0.29) is 0 Å². The molecule has 0 aromatic carbocycles. The molecule has 0 radical (unpaired) electrons. The molecule has 2 rings (SSSR count). The second-order valence-corrected chi connectivity index (χ2v) is 3.66. The summed E-state index contributed by atoms with van der Waals surface area (Å²) in [4.78, 5) is 4.20. The normalized spacial score (nSPS) is 21.0. The first-order valence-corrected chi connectivity index (χ1v) is 5.18. The minimum Gasteiger partial charge on any atom is -0.381 e. The molecule has 0 saturated carbocycles. The Morgan fingerprint density at radius 2 is 2.50 bits per heavy atom. The first kappa shape index (κ1) is 9.46.